The SMILES string of the molecule is CCCNc1cc(N(C)C(CC)CSC)nc(C2CC2)n1. The maximum Gasteiger partial charge on any atom is 0.136 e. The molecule has 2 rings (SSSR count). The average Bonchev–Trinajstić information content (AvgIpc) is 3.34. The number of anilines is 2. The summed E-state index contributed by atoms with van der Waals surface area (Å²) in [4.78, 5) is 11.8. The Balaban J connectivity index is 2.21. The molecule has 1 atom stereocenters. The Bertz CT molecular complexity index is 448. The summed E-state index contributed by atoms with van der Waals surface area (Å²) in [6, 6.07) is 2.63. The fourth-order valence-electron chi connectivity index (χ4n) is 2.38. The van der Waals surface area contributed by atoms with Crippen molar-refractivity contribution in [3.63, 3.8) is 0 Å². The summed E-state index contributed by atoms with van der Waals surface area (Å²) >= 11 is 1.90. The molecule has 0 spiro atoms. The predicted octanol–water partition coefficient (Wildman–Crippen LogP) is 3.75. The molecular weight excluding hydrogens is 280 g/mol. The monoisotopic (exact) mass is 308 g/mol. The standard InChI is InChI=1S/C16H28N4S/c1-5-9-17-14-10-15(19-16(18-14)12-7-8-12)20(3)13(6-2)11-21-4/h10,12-13H,5-9,11H2,1-4H3,(H,17,18,19). The molecular formula is C16H28N4S. The minimum Gasteiger partial charge on any atom is -0.370 e. The van der Waals surface area contributed by atoms with Gasteiger partial charge >= 0.3 is 0 Å². The van der Waals surface area contributed by atoms with Crippen LogP contribution < -0.4 is 10.2 Å². The number of hydrogen-bond acceptors (Lipinski definition) is 5. The van der Waals surface area contributed by atoms with E-state index in [0.717, 1.165) is 42.6 Å². The summed E-state index contributed by atoms with van der Waals surface area (Å²) in [5, 5.41) is 3.42. The van der Waals surface area contributed by atoms with Gasteiger partial charge in [0.05, 0.1) is 0 Å². The first-order chi connectivity index (χ1) is 10.2. The largest absolute Gasteiger partial charge is 0.370 e. The molecule has 0 aromatic carbocycles. The van der Waals surface area contributed by atoms with Crippen molar-refractivity contribution in [2.45, 2.75) is 51.5 Å². The summed E-state index contributed by atoms with van der Waals surface area (Å²) in [6.45, 7) is 5.39. The zero-order chi connectivity index (χ0) is 15.2. The first-order valence-electron chi connectivity index (χ1n) is 8.04. The topological polar surface area (TPSA) is 41.0 Å². The number of nitrogens with one attached hydrogen (secondary N) is 1. The van der Waals surface area contributed by atoms with Crippen molar-refractivity contribution >= 4 is 23.4 Å². The molecule has 4 nitrogen and oxygen atoms in total. The molecule has 0 bridgehead atoms. The van der Waals surface area contributed by atoms with E-state index in [9.17, 15) is 0 Å². The molecule has 1 aliphatic rings. The molecule has 0 radical (unpaired) electrons. The van der Waals surface area contributed by atoms with E-state index < -0.39 is 0 Å². The lowest BCUT2D eigenvalue weighted by atomic mass is 10.2. The van der Waals surface area contributed by atoms with Gasteiger partial charge in [0.1, 0.15) is 17.5 Å². The minimum absolute atomic E-state index is 0.529. The van der Waals surface area contributed by atoms with Crippen LogP contribution in [0, 0.1) is 0 Å². The number of thioether (sulfide) groups is 1. The highest BCUT2D eigenvalue weighted by atomic mass is 32.2. The second-order valence-corrected chi connectivity index (χ2v) is 6.71. The van der Waals surface area contributed by atoms with Crippen LogP contribution in [-0.2, 0) is 0 Å². The van der Waals surface area contributed by atoms with Crippen molar-refractivity contribution < 1.29 is 0 Å². The Labute approximate surface area is 133 Å². The van der Waals surface area contributed by atoms with Crippen LogP contribution in [0.1, 0.15) is 51.3 Å². The molecule has 0 aliphatic heterocycles. The molecule has 1 aromatic heterocycles. The van der Waals surface area contributed by atoms with Gasteiger partial charge in [0, 0.05) is 37.4 Å². The van der Waals surface area contributed by atoms with E-state index in [-0.39, 0.29) is 0 Å². The van der Waals surface area contributed by atoms with Crippen LogP contribution in [0.2, 0.25) is 0 Å². The zero-order valence-corrected chi connectivity index (χ0v) is 14.5. The van der Waals surface area contributed by atoms with Crippen LogP contribution in [-0.4, -0.2) is 41.6 Å². The Kier molecular flexibility index (Phi) is 6.15. The summed E-state index contributed by atoms with van der Waals surface area (Å²) in [6.07, 6.45) is 6.89. The second-order valence-electron chi connectivity index (χ2n) is 5.80. The molecule has 21 heavy (non-hydrogen) atoms. The molecule has 5 heteroatoms. The van der Waals surface area contributed by atoms with Crippen LogP contribution in [0.4, 0.5) is 11.6 Å². The lowest BCUT2D eigenvalue weighted by molar-refractivity contribution is 0.662. The molecule has 1 heterocycles. The van der Waals surface area contributed by atoms with E-state index in [4.69, 9.17) is 9.97 Å². The predicted molar refractivity (Wildman–Crippen MR) is 93.7 cm³/mol. The Hall–Kier alpha value is -0.970. The molecule has 1 fully saturated rings. The van der Waals surface area contributed by atoms with Gasteiger partial charge in [0.15, 0.2) is 0 Å². The first kappa shape index (κ1) is 16.4. The maximum absolute atomic E-state index is 4.82. The van der Waals surface area contributed by atoms with Crippen molar-refractivity contribution in [1.29, 1.82) is 0 Å². The van der Waals surface area contributed by atoms with Gasteiger partial charge in [-0.05, 0) is 31.9 Å². The molecule has 1 saturated carbocycles. The van der Waals surface area contributed by atoms with Crippen molar-refractivity contribution in [1.82, 2.24) is 9.97 Å². The van der Waals surface area contributed by atoms with Gasteiger partial charge in [0.2, 0.25) is 0 Å². The third-order valence-corrected chi connectivity index (χ3v) is 4.69. The van der Waals surface area contributed by atoms with Gasteiger partial charge in [-0.15, -0.1) is 0 Å². The third kappa shape index (κ3) is 4.50. The van der Waals surface area contributed by atoms with Gasteiger partial charge in [0.25, 0.3) is 0 Å². The first-order valence-corrected chi connectivity index (χ1v) is 9.43. The van der Waals surface area contributed by atoms with Crippen molar-refractivity contribution in [3.05, 3.63) is 11.9 Å². The Morgan fingerprint density at radius 1 is 1.38 bits per heavy atom. The maximum atomic E-state index is 4.82. The van der Waals surface area contributed by atoms with Crippen LogP contribution in [0.5, 0.6) is 0 Å². The number of aromatic nitrogens is 2. The molecule has 1 aliphatic carbocycles. The van der Waals surface area contributed by atoms with Gasteiger partial charge < -0.3 is 10.2 Å². The Morgan fingerprint density at radius 3 is 2.71 bits per heavy atom. The van der Waals surface area contributed by atoms with E-state index in [1.807, 2.05) is 11.8 Å². The summed E-state index contributed by atoms with van der Waals surface area (Å²) in [7, 11) is 2.16. The third-order valence-electron chi connectivity index (χ3n) is 3.97. The lowest BCUT2D eigenvalue weighted by Crippen LogP contribution is -2.34. The molecule has 1 N–H and O–H groups in total. The van der Waals surface area contributed by atoms with Crippen LogP contribution in [0.15, 0.2) is 6.07 Å². The lowest BCUT2D eigenvalue weighted by Gasteiger charge is -2.28. The summed E-state index contributed by atoms with van der Waals surface area (Å²) in [5.41, 5.74) is 0. The highest BCUT2D eigenvalue weighted by Crippen LogP contribution is 2.39. The summed E-state index contributed by atoms with van der Waals surface area (Å²) in [5.74, 6) is 4.78. The van der Waals surface area contributed by atoms with Gasteiger partial charge in [-0.1, -0.05) is 13.8 Å². The van der Waals surface area contributed by atoms with E-state index in [1.54, 1.807) is 0 Å². The molecule has 1 aromatic rings. The van der Waals surface area contributed by atoms with E-state index in [2.05, 4.69) is 43.4 Å². The normalized spacial score (nSPS) is 15.8. The summed E-state index contributed by atoms with van der Waals surface area (Å²) < 4.78 is 0. The van der Waals surface area contributed by atoms with Crippen LogP contribution in [0.25, 0.3) is 0 Å². The van der Waals surface area contributed by atoms with E-state index in [1.165, 1.54) is 12.8 Å². The number of rotatable bonds is 9. The second kappa shape index (κ2) is 7.87. The van der Waals surface area contributed by atoms with Crippen LogP contribution >= 0.6 is 11.8 Å². The zero-order valence-electron chi connectivity index (χ0n) is 13.7. The van der Waals surface area contributed by atoms with Gasteiger partial charge in [-0.3, -0.25) is 0 Å². The van der Waals surface area contributed by atoms with Crippen molar-refractivity contribution in [3.8, 4) is 0 Å². The van der Waals surface area contributed by atoms with Crippen molar-refractivity contribution in [2.24, 2.45) is 0 Å². The molecule has 1 unspecified atom stereocenters. The highest BCUT2D eigenvalue weighted by molar-refractivity contribution is 7.98. The Morgan fingerprint density at radius 2 is 2.14 bits per heavy atom. The fourth-order valence-corrected chi connectivity index (χ4v) is 3.23. The molecule has 0 amide bonds. The smallest absolute Gasteiger partial charge is 0.136 e. The fraction of sp³-hybridized carbons (Fsp3) is 0.750. The molecule has 0 saturated heterocycles. The van der Waals surface area contributed by atoms with E-state index in [0.29, 0.717) is 12.0 Å². The number of nitrogens with zero attached hydrogens (tertiary/aromatic N) is 3. The van der Waals surface area contributed by atoms with Gasteiger partial charge in [-0.25, -0.2) is 9.97 Å². The van der Waals surface area contributed by atoms with Gasteiger partial charge in [-0.2, -0.15) is 11.8 Å². The quantitative estimate of drug-likeness (QED) is 0.752. The van der Waals surface area contributed by atoms with E-state index >= 15 is 0 Å². The number of hydrogen-bond donors (Lipinski definition) is 1. The van der Waals surface area contributed by atoms with Crippen LogP contribution in [0.3, 0.4) is 0 Å². The molecule has 118 valence electrons. The highest BCUT2D eigenvalue weighted by Gasteiger charge is 2.28. The minimum atomic E-state index is 0.529. The van der Waals surface area contributed by atoms with Crippen molar-refractivity contribution in [2.75, 3.05) is 35.8 Å². The average molecular weight is 308 g/mol.